The van der Waals surface area contributed by atoms with E-state index < -0.39 is 5.60 Å². The monoisotopic (exact) mass is 294 g/mol. The van der Waals surface area contributed by atoms with E-state index in [1.807, 2.05) is 25.1 Å². The third-order valence-electron chi connectivity index (χ3n) is 4.46. The van der Waals surface area contributed by atoms with Crippen molar-refractivity contribution < 1.29 is 9.53 Å². The number of benzene rings is 2. The van der Waals surface area contributed by atoms with E-state index in [2.05, 4.69) is 38.1 Å². The van der Waals surface area contributed by atoms with Gasteiger partial charge < -0.3 is 4.74 Å². The summed E-state index contributed by atoms with van der Waals surface area (Å²) in [6, 6.07) is 14.4. The fraction of sp³-hybridized carbons (Fsp3) is 0.350. The smallest absolute Gasteiger partial charge is 0.177 e. The summed E-state index contributed by atoms with van der Waals surface area (Å²) < 4.78 is 6.28. The Morgan fingerprint density at radius 3 is 2.50 bits per heavy atom. The number of aryl methyl sites for hydroxylation is 1. The molecule has 1 aliphatic rings. The van der Waals surface area contributed by atoms with Crippen LogP contribution in [0.4, 0.5) is 0 Å². The molecule has 3 rings (SSSR count). The van der Waals surface area contributed by atoms with E-state index in [0.29, 0.717) is 13.0 Å². The molecular formula is C20H22O2. The molecule has 22 heavy (non-hydrogen) atoms. The van der Waals surface area contributed by atoms with Gasteiger partial charge in [-0.2, -0.15) is 0 Å². The first-order valence-electron chi connectivity index (χ1n) is 8.04. The lowest BCUT2D eigenvalue weighted by Crippen LogP contribution is -2.39. The number of ketones is 1. The quantitative estimate of drug-likeness (QED) is 0.804. The van der Waals surface area contributed by atoms with Crippen LogP contribution in [0, 0.1) is 6.92 Å². The lowest BCUT2D eigenvalue weighted by Gasteiger charge is -2.31. The average molecular weight is 294 g/mol. The third-order valence-corrected chi connectivity index (χ3v) is 4.46. The van der Waals surface area contributed by atoms with Gasteiger partial charge in [0.15, 0.2) is 11.4 Å². The van der Waals surface area contributed by atoms with Crippen LogP contribution in [0.25, 0.3) is 11.1 Å². The number of rotatable bonds is 5. The van der Waals surface area contributed by atoms with Crippen LogP contribution in [0.3, 0.4) is 0 Å². The minimum atomic E-state index is -0.929. The number of carbonyl (C=O) groups is 1. The zero-order valence-electron chi connectivity index (χ0n) is 13.5. The minimum absolute atomic E-state index is 0.140. The second kappa shape index (κ2) is 5.69. The van der Waals surface area contributed by atoms with E-state index in [1.54, 1.807) is 0 Å². The number of Topliss-reactive ketones (excluding diaryl/α,β-unsaturated/α-hetero) is 1. The van der Waals surface area contributed by atoms with E-state index in [0.717, 1.165) is 34.2 Å². The molecule has 0 aliphatic heterocycles. The summed E-state index contributed by atoms with van der Waals surface area (Å²) in [5.41, 5.74) is 4.48. The van der Waals surface area contributed by atoms with Gasteiger partial charge in [-0.15, -0.1) is 0 Å². The van der Waals surface area contributed by atoms with Crippen LogP contribution in [-0.4, -0.2) is 12.4 Å². The first kappa shape index (κ1) is 15.0. The van der Waals surface area contributed by atoms with Crippen molar-refractivity contribution in [2.75, 3.05) is 6.61 Å². The van der Waals surface area contributed by atoms with Crippen molar-refractivity contribution in [2.45, 2.75) is 39.2 Å². The molecule has 1 unspecified atom stereocenters. The predicted molar refractivity (Wildman–Crippen MR) is 88.9 cm³/mol. The van der Waals surface area contributed by atoms with Crippen molar-refractivity contribution in [3.63, 3.8) is 0 Å². The van der Waals surface area contributed by atoms with Gasteiger partial charge in [0.2, 0.25) is 0 Å². The first-order valence-corrected chi connectivity index (χ1v) is 8.04. The Hall–Kier alpha value is -1.93. The molecule has 0 bridgehead atoms. The van der Waals surface area contributed by atoms with Crippen LogP contribution >= 0.6 is 0 Å². The molecule has 1 aliphatic carbocycles. The molecule has 0 saturated heterocycles. The van der Waals surface area contributed by atoms with Gasteiger partial charge in [-0.3, -0.25) is 4.79 Å². The molecule has 0 saturated carbocycles. The Kier molecular flexibility index (Phi) is 3.88. The van der Waals surface area contributed by atoms with E-state index >= 15 is 0 Å². The molecular weight excluding hydrogens is 272 g/mol. The highest BCUT2D eigenvalue weighted by Gasteiger charge is 2.49. The lowest BCUT2D eigenvalue weighted by atomic mass is 9.83. The second-order valence-corrected chi connectivity index (χ2v) is 5.85. The van der Waals surface area contributed by atoms with Gasteiger partial charge in [-0.25, -0.2) is 0 Å². The fourth-order valence-corrected chi connectivity index (χ4v) is 3.54. The summed E-state index contributed by atoms with van der Waals surface area (Å²) in [7, 11) is 0. The Morgan fingerprint density at radius 2 is 1.77 bits per heavy atom. The first-order chi connectivity index (χ1) is 10.7. The standard InChI is InChI=1S/C20H22O2/c1-4-13-22-20(18(21)5-2)17-12-7-6-10-15(17)16-11-8-9-14(3)19(16)20/h6-12H,4-5,13H2,1-3H3. The highest BCUT2D eigenvalue weighted by molar-refractivity contribution is 6.00. The largest absolute Gasteiger partial charge is 0.358 e. The van der Waals surface area contributed by atoms with Crippen LogP contribution in [0.15, 0.2) is 42.5 Å². The van der Waals surface area contributed by atoms with Crippen LogP contribution in [-0.2, 0) is 15.1 Å². The molecule has 2 aromatic rings. The average Bonchev–Trinajstić information content (AvgIpc) is 2.85. The van der Waals surface area contributed by atoms with E-state index in [1.165, 1.54) is 0 Å². The van der Waals surface area contributed by atoms with E-state index in [4.69, 9.17) is 4.74 Å². The molecule has 0 heterocycles. The zero-order valence-corrected chi connectivity index (χ0v) is 13.5. The van der Waals surface area contributed by atoms with Gasteiger partial charge >= 0.3 is 0 Å². The molecule has 0 N–H and O–H groups in total. The molecule has 2 aromatic carbocycles. The fourth-order valence-electron chi connectivity index (χ4n) is 3.54. The number of fused-ring (bicyclic) bond motifs is 3. The molecule has 2 heteroatoms. The Bertz CT molecular complexity index is 717. The summed E-state index contributed by atoms with van der Waals surface area (Å²) in [5.74, 6) is 0.140. The van der Waals surface area contributed by atoms with Crippen LogP contribution in [0.5, 0.6) is 0 Å². The van der Waals surface area contributed by atoms with Crippen molar-refractivity contribution in [1.82, 2.24) is 0 Å². The zero-order chi connectivity index (χ0) is 15.7. The van der Waals surface area contributed by atoms with Crippen molar-refractivity contribution in [2.24, 2.45) is 0 Å². The van der Waals surface area contributed by atoms with Crippen LogP contribution in [0.2, 0.25) is 0 Å². The van der Waals surface area contributed by atoms with E-state index in [-0.39, 0.29) is 5.78 Å². The maximum Gasteiger partial charge on any atom is 0.177 e. The molecule has 0 radical (unpaired) electrons. The molecule has 0 fully saturated rings. The van der Waals surface area contributed by atoms with Crippen LogP contribution < -0.4 is 0 Å². The van der Waals surface area contributed by atoms with E-state index in [9.17, 15) is 4.79 Å². The summed E-state index contributed by atoms with van der Waals surface area (Å²) in [4.78, 5) is 13.0. The number of carbonyl (C=O) groups excluding carboxylic acids is 1. The molecule has 0 aromatic heterocycles. The maximum absolute atomic E-state index is 13.0. The van der Waals surface area contributed by atoms with Gasteiger partial charge in [0.1, 0.15) is 0 Å². The molecule has 0 amide bonds. The topological polar surface area (TPSA) is 26.3 Å². The molecule has 114 valence electrons. The predicted octanol–water partition coefficient (Wildman–Crippen LogP) is 4.62. The minimum Gasteiger partial charge on any atom is -0.358 e. The Labute approximate surface area is 132 Å². The molecule has 1 atom stereocenters. The summed E-state index contributed by atoms with van der Waals surface area (Å²) in [6.07, 6.45) is 1.36. The SMILES string of the molecule is CCCOC1(C(=O)CC)c2ccccc2-c2cccc(C)c21. The van der Waals surface area contributed by atoms with Gasteiger partial charge in [-0.05, 0) is 30.0 Å². The van der Waals surface area contributed by atoms with Crippen molar-refractivity contribution in [1.29, 1.82) is 0 Å². The maximum atomic E-state index is 13.0. The summed E-state index contributed by atoms with van der Waals surface area (Å²) in [6.45, 7) is 6.63. The lowest BCUT2D eigenvalue weighted by molar-refractivity contribution is -0.140. The second-order valence-electron chi connectivity index (χ2n) is 5.85. The highest BCUT2D eigenvalue weighted by Crippen LogP contribution is 2.51. The van der Waals surface area contributed by atoms with Crippen molar-refractivity contribution in [3.8, 4) is 11.1 Å². The number of hydrogen-bond donors (Lipinski definition) is 0. The van der Waals surface area contributed by atoms with Gasteiger partial charge in [0.05, 0.1) is 0 Å². The molecule has 2 nitrogen and oxygen atoms in total. The number of ether oxygens (including phenoxy) is 1. The van der Waals surface area contributed by atoms with Crippen molar-refractivity contribution >= 4 is 5.78 Å². The highest BCUT2D eigenvalue weighted by atomic mass is 16.5. The molecule has 0 spiro atoms. The summed E-state index contributed by atoms with van der Waals surface area (Å²) in [5, 5.41) is 0. The van der Waals surface area contributed by atoms with Gasteiger partial charge in [-0.1, -0.05) is 56.3 Å². The Balaban J connectivity index is 2.35. The third kappa shape index (κ3) is 1.94. The number of hydrogen-bond acceptors (Lipinski definition) is 2. The van der Waals surface area contributed by atoms with Crippen LogP contribution in [0.1, 0.15) is 43.4 Å². The van der Waals surface area contributed by atoms with Gasteiger partial charge in [0, 0.05) is 24.2 Å². The van der Waals surface area contributed by atoms with Crippen molar-refractivity contribution in [3.05, 3.63) is 59.2 Å². The summed E-state index contributed by atoms with van der Waals surface area (Å²) >= 11 is 0. The van der Waals surface area contributed by atoms with Gasteiger partial charge in [0.25, 0.3) is 0 Å². The Morgan fingerprint density at radius 1 is 1.05 bits per heavy atom. The normalized spacial score (nSPS) is 18.9.